The average Bonchev–Trinajstić information content (AvgIpc) is 3.88. The molecule has 45 heavy (non-hydrogen) atoms. The van der Waals surface area contributed by atoms with Gasteiger partial charge in [-0.2, -0.15) is 0 Å². The zero-order valence-corrected chi connectivity index (χ0v) is 28.3. The van der Waals surface area contributed by atoms with Crippen LogP contribution in [0.5, 0.6) is 0 Å². The maximum Gasteiger partial charge on any atom is 2.00 e. The Kier molecular flexibility index (Phi) is 8.58. The number of carboxylic acid groups (broad SMARTS) is 2. The summed E-state index contributed by atoms with van der Waals surface area (Å²) in [5, 5.41) is 19.9. The van der Waals surface area contributed by atoms with Crippen LogP contribution in [0.25, 0.3) is 44.4 Å². The molecular formula is C34H34FeN4O4S2+2. The maximum absolute atomic E-state index is 11.6. The van der Waals surface area contributed by atoms with Crippen molar-refractivity contribution in [2.45, 2.75) is 63.9 Å². The molecule has 0 aliphatic carbocycles. The van der Waals surface area contributed by atoms with E-state index in [1.165, 1.54) is 40.2 Å². The summed E-state index contributed by atoms with van der Waals surface area (Å²) in [6, 6.07) is 8.13. The number of fused-ring (bicyclic) bond motifs is 8. The number of carbonyl (C=O) groups is 2. The third-order valence-corrected chi connectivity index (χ3v) is 11.0. The van der Waals surface area contributed by atoms with Crippen molar-refractivity contribution >= 4 is 79.8 Å². The van der Waals surface area contributed by atoms with Gasteiger partial charge in [-0.05, 0) is 86.3 Å². The minimum absolute atomic E-state index is 0. The second-order valence-corrected chi connectivity index (χ2v) is 14.6. The summed E-state index contributed by atoms with van der Waals surface area (Å²) in [6.07, 6.45) is 0.631. The number of allylic oxidation sites excluding steroid dienone is 3. The summed E-state index contributed by atoms with van der Waals surface area (Å²) >= 11 is 2.81. The molecule has 8 bridgehead atoms. The molecule has 0 radical (unpaired) electrons. The van der Waals surface area contributed by atoms with Crippen LogP contribution in [0.2, 0.25) is 0 Å². The topological polar surface area (TPSA) is 129 Å². The monoisotopic (exact) mass is 682 g/mol. The van der Waals surface area contributed by atoms with Gasteiger partial charge in [-0.15, -0.1) is 22.1 Å². The molecule has 2 saturated heterocycles. The molecule has 4 aliphatic heterocycles. The molecule has 232 valence electrons. The van der Waals surface area contributed by atoms with Crippen molar-refractivity contribution in [3.8, 4) is 0 Å². The first-order valence-electron chi connectivity index (χ1n) is 14.9. The first-order chi connectivity index (χ1) is 21.1. The van der Waals surface area contributed by atoms with E-state index in [0.717, 1.165) is 73.0 Å². The fourth-order valence-corrected chi connectivity index (χ4v) is 8.00. The summed E-state index contributed by atoms with van der Waals surface area (Å²) < 4.78 is 0. The molecule has 2 atom stereocenters. The number of nitrogens with zero attached hydrogens (tertiary/aromatic N) is 4. The zero-order valence-electron chi connectivity index (χ0n) is 25.5. The van der Waals surface area contributed by atoms with Crippen LogP contribution in [0.1, 0.15) is 83.4 Å². The number of rotatable bonds is 8. The van der Waals surface area contributed by atoms with E-state index in [0.29, 0.717) is 34.6 Å². The van der Waals surface area contributed by atoms with Crippen LogP contribution in [0.4, 0.5) is 0 Å². The van der Waals surface area contributed by atoms with Crippen LogP contribution >= 0.6 is 0 Å². The van der Waals surface area contributed by atoms with Crippen LogP contribution < -0.4 is 9.97 Å². The quantitative estimate of drug-likeness (QED) is 0.147. The third kappa shape index (κ3) is 6.03. The van der Waals surface area contributed by atoms with Crippen LogP contribution in [-0.2, 0) is 56.6 Å². The van der Waals surface area contributed by atoms with Gasteiger partial charge in [0.15, 0.2) is 22.0 Å². The second kappa shape index (κ2) is 12.2. The van der Waals surface area contributed by atoms with Gasteiger partial charge in [0.2, 0.25) is 0 Å². The smallest absolute Gasteiger partial charge is 0.657 e. The Balaban J connectivity index is 0.00000357. The number of thiol groups is 2. The number of aryl methyl sites for hydroxylation is 3. The summed E-state index contributed by atoms with van der Waals surface area (Å²) in [5.41, 5.74) is 15.0. The van der Waals surface area contributed by atoms with Crippen molar-refractivity contribution in [1.29, 1.82) is 0 Å². The molecule has 8 nitrogen and oxygen atoms in total. The third-order valence-electron chi connectivity index (χ3n) is 9.05. The van der Waals surface area contributed by atoms with E-state index >= 15 is 0 Å². The number of hydrogen-bond donors (Lipinski definition) is 2. The Morgan fingerprint density at radius 3 is 1.93 bits per heavy atom. The van der Waals surface area contributed by atoms with E-state index in [9.17, 15) is 19.8 Å². The molecule has 0 aromatic carbocycles. The normalized spacial score (nSPS) is 18.7. The van der Waals surface area contributed by atoms with Crippen molar-refractivity contribution in [2.24, 2.45) is 0 Å². The van der Waals surface area contributed by atoms with Gasteiger partial charge in [0.25, 0.3) is 0 Å². The van der Waals surface area contributed by atoms with Crippen LogP contribution in [0.3, 0.4) is 0 Å². The maximum atomic E-state index is 11.6. The Hall–Kier alpha value is -3.24. The van der Waals surface area contributed by atoms with E-state index in [2.05, 4.69) is 26.0 Å². The molecular weight excluding hydrogens is 648 g/mol. The van der Waals surface area contributed by atoms with E-state index < -0.39 is 11.9 Å². The molecule has 0 unspecified atom stereocenters. The SMILES string of the molecule is CC1=C(CCC(=O)O)c2cc3[n-]c(cc4nc(cc5[n-]c(cc1n2)c([C@H]1C[SH+]1)c5C)C([C@H]1C[SH+]1)=C4C)c(C)c3CCC(=O)O.[Fe+2]. The van der Waals surface area contributed by atoms with E-state index in [-0.39, 0.29) is 29.9 Å². The van der Waals surface area contributed by atoms with Crippen LogP contribution in [0, 0.1) is 13.8 Å². The molecule has 2 N–H and O–H groups in total. The summed E-state index contributed by atoms with van der Waals surface area (Å²) in [7, 11) is 0. The minimum Gasteiger partial charge on any atom is -0.657 e. The van der Waals surface area contributed by atoms with Gasteiger partial charge in [-0.3, -0.25) is 9.59 Å². The van der Waals surface area contributed by atoms with Gasteiger partial charge in [0, 0.05) is 18.4 Å². The molecule has 2 fully saturated rings. The predicted molar refractivity (Wildman–Crippen MR) is 180 cm³/mol. The first-order valence-corrected chi connectivity index (χ1v) is 17.2. The minimum atomic E-state index is -0.869. The van der Waals surface area contributed by atoms with Gasteiger partial charge in [-0.25, -0.2) is 9.97 Å². The largest absolute Gasteiger partial charge is 2.00 e. The molecule has 0 amide bonds. The fraction of sp³-hybridized carbons (Fsp3) is 0.353. The van der Waals surface area contributed by atoms with Crippen LogP contribution in [-0.4, -0.2) is 48.9 Å². The Labute approximate surface area is 280 Å². The van der Waals surface area contributed by atoms with Gasteiger partial charge >= 0.3 is 29.0 Å². The van der Waals surface area contributed by atoms with E-state index in [1.807, 2.05) is 26.0 Å². The van der Waals surface area contributed by atoms with E-state index in [4.69, 9.17) is 19.9 Å². The second-order valence-electron chi connectivity index (χ2n) is 11.9. The van der Waals surface area contributed by atoms with E-state index in [1.54, 1.807) is 0 Å². The fourth-order valence-electron chi connectivity index (χ4n) is 6.41. The molecule has 7 rings (SSSR count). The Morgan fingerprint density at radius 1 is 0.733 bits per heavy atom. The van der Waals surface area contributed by atoms with Gasteiger partial charge in [0.1, 0.15) is 0 Å². The van der Waals surface area contributed by atoms with Crippen molar-refractivity contribution in [1.82, 2.24) is 19.9 Å². The molecule has 4 aliphatic rings. The predicted octanol–water partition coefficient (Wildman–Crippen LogP) is 5.00. The number of carboxylic acids is 2. The average molecular weight is 683 g/mol. The zero-order chi connectivity index (χ0) is 30.9. The summed E-state index contributed by atoms with van der Waals surface area (Å²) in [4.78, 5) is 43.5. The molecule has 11 heteroatoms. The van der Waals surface area contributed by atoms with Crippen molar-refractivity contribution in [3.63, 3.8) is 0 Å². The summed E-state index contributed by atoms with van der Waals surface area (Å²) in [5.74, 6) is 0.510. The van der Waals surface area contributed by atoms with Crippen molar-refractivity contribution in [3.05, 3.63) is 69.3 Å². The van der Waals surface area contributed by atoms with Crippen LogP contribution in [0.15, 0.2) is 24.3 Å². The number of aromatic nitrogens is 4. The Bertz CT molecular complexity index is 2000. The van der Waals surface area contributed by atoms with Gasteiger partial charge in [-0.1, -0.05) is 41.0 Å². The molecule has 3 aromatic rings. The standard InChI is InChI=1S/C34H34N4O4S2.Fe/c1-15-19(5-7-31(39)40)25-12-26-20(6-8-32(41)42)16(2)22(36-26)10-27-34(30-14-44-30)18(4)24(38-27)11-28-33(29-13-43-29)17(3)23(37-28)9-21(15)35-25;/h9-12,29-30H,5-8,13-14H2,1-4H3,(H4,35,36,37,38,39,40,41,42);/q;+2/t29-,30-;/m1./s1. The Morgan fingerprint density at radius 2 is 1.27 bits per heavy atom. The van der Waals surface area contributed by atoms with Gasteiger partial charge < -0.3 is 20.2 Å². The van der Waals surface area contributed by atoms with Crippen molar-refractivity contribution < 1.29 is 36.9 Å². The molecule has 7 heterocycles. The molecule has 0 saturated carbocycles. The molecule has 0 spiro atoms. The molecule has 3 aromatic heterocycles. The number of hydrogen-bond acceptors (Lipinski definition) is 4. The number of aliphatic carboxylic acids is 2. The summed E-state index contributed by atoms with van der Waals surface area (Å²) in [6.45, 7) is 8.27. The van der Waals surface area contributed by atoms with Crippen molar-refractivity contribution in [2.75, 3.05) is 11.5 Å². The first kappa shape index (κ1) is 31.7. The van der Waals surface area contributed by atoms with Gasteiger partial charge in [0.05, 0.1) is 22.8 Å².